The van der Waals surface area contributed by atoms with Gasteiger partial charge in [0.15, 0.2) is 0 Å². The second-order valence-corrected chi connectivity index (χ2v) is 15.1. The first-order chi connectivity index (χ1) is 19.1. The number of aromatic nitrogens is 1. The minimum Gasteiger partial charge on any atom is -0.477 e. The summed E-state index contributed by atoms with van der Waals surface area (Å²) in [5.74, 6) is -0.219. The minimum atomic E-state index is -0.948. The maximum absolute atomic E-state index is 14.1. The number of hydrogen-bond donors (Lipinski definition) is 1. The van der Waals surface area contributed by atoms with E-state index in [9.17, 15) is 14.7 Å². The van der Waals surface area contributed by atoms with Crippen molar-refractivity contribution in [2.24, 2.45) is 11.8 Å². The molecule has 2 aliphatic carbocycles. The number of likely N-dealkylation sites (tertiary alicyclic amines) is 1. The van der Waals surface area contributed by atoms with Crippen molar-refractivity contribution in [1.29, 1.82) is 0 Å². The number of ether oxygens (including phenoxy) is 1. The van der Waals surface area contributed by atoms with Crippen LogP contribution >= 0.6 is 22.7 Å². The molecule has 1 amide bonds. The van der Waals surface area contributed by atoms with Crippen molar-refractivity contribution in [3.63, 3.8) is 0 Å². The van der Waals surface area contributed by atoms with Crippen molar-refractivity contribution < 1.29 is 19.4 Å². The third-order valence-electron chi connectivity index (χ3n) is 8.90. The number of nitrogens with zero attached hydrogens (tertiary/aromatic N) is 3. The number of anilines is 1. The van der Waals surface area contributed by atoms with Crippen LogP contribution in [0.25, 0.3) is 0 Å². The standard InChI is InChI=1S/C31H45N3O4S2/c1-20-7-9-21(10-8-20)28(35)34(25-17-26(31(2,3)4)40-27(25)29(36)37)23-11-13-24(14-12-23)38-30-32-22(19-39-30)18-33-15-5-6-16-33/h17,19-21,23-24H,5-16,18H2,1-4H3,(H,36,37)/t20-,21-,23-,24-. The molecule has 5 rings (SSSR count). The third kappa shape index (κ3) is 6.90. The van der Waals surface area contributed by atoms with E-state index in [0.717, 1.165) is 86.8 Å². The molecular formula is C31H45N3O4S2. The number of carboxylic acids is 1. The second kappa shape index (κ2) is 12.5. The molecule has 0 spiro atoms. The molecule has 2 saturated carbocycles. The first-order valence-corrected chi connectivity index (χ1v) is 16.8. The van der Waals surface area contributed by atoms with E-state index in [1.807, 2.05) is 11.0 Å². The van der Waals surface area contributed by atoms with Crippen LogP contribution in [0.15, 0.2) is 11.4 Å². The van der Waals surface area contributed by atoms with E-state index in [2.05, 4.69) is 38.0 Å². The van der Waals surface area contributed by atoms with Gasteiger partial charge in [0.2, 0.25) is 5.91 Å². The zero-order valence-electron chi connectivity index (χ0n) is 24.5. The van der Waals surface area contributed by atoms with Crippen LogP contribution in [-0.4, -0.2) is 52.1 Å². The van der Waals surface area contributed by atoms with E-state index in [0.29, 0.717) is 11.6 Å². The largest absolute Gasteiger partial charge is 0.477 e. The summed E-state index contributed by atoms with van der Waals surface area (Å²) < 4.78 is 6.33. The van der Waals surface area contributed by atoms with Crippen LogP contribution in [0, 0.1) is 11.8 Å². The molecule has 0 bridgehead atoms. The summed E-state index contributed by atoms with van der Waals surface area (Å²) in [6.45, 7) is 11.7. The lowest BCUT2D eigenvalue weighted by atomic mass is 9.81. The summed E-state index contributed by atoms with van der Waals surface area (Å²) in [6, 6.07) is 1.96. The highest BCUT2D eigenvalue weighted by Gasteiger charge is 2.38. The van der Waals surface area contributed by atoms with Gasteiger partial charge < -0.3 is 14.7 Å². The molecule has 0 aromatic carbocycles. The summed E-state index contributed by atoms with van der Waals surface area (Å²) in [5, 5.41) is 13.0. The molecule has 0 atom stereocenters. The van der Waals surface area contributed by atoms with Crippen LogP contribution in [-0.2, 0) is 16.8 Å². The van der Waals surface area contributed by atoms with Gasteiger partial charge in [-0.15, -0.1) is 11.3 Å². The fourth-order valence-corrected chi connectivity index (χ4v) is 8.20. The maximum Gasteiger partial charge on any atom is 0.348 e. The number of carboxylic acid groups (broad SMARTS) is 1. The highest BCUT2D eigenvalue weighted by Crippen LogP contribution is 2.42. The topological polar surface area (TPSA) is 83.0 Å². The maximum atomic E-state index is 14.1. The lowest BCUT2D eigenvalue weighted by molar-refractivity contribution is -0.124. The van der Waals surface area contributed by atoms with Gasteiger partial charge in [0.05, 0.1) is 11.4 Å². The Bertz CT molecular complexity index is 1160. The Morgan fingerprint density at radius 2 is 1.75 bits per heavy atom. The van der Waals surface area contributed by atoms with E-state index < -0.39 is 5.97 Å². The van der Waals surface area contributed by atoms with Gasteiger partial charge in [-0.2, -0.15) is 0 Å². The Morgan fingerprint density at radius 1 is 1.07 bits per heavy atom. The van der Waals surface area contributed by atoms with Crippen LogP contribution < -0.4 is 9.64 Å². The van der Waals surface area contributed by atoms with Gasteiger partial charge in [0, 0.05) is 28.8 Å². The van der Waals surface area contributed by atoms with Crippen LogP contribution in [0.1, 0.15) is 112 Å². The number of thiazole rings is 1. The molecule has 1 saturated heterocycles. The first-order valence-electron chi connectivity index (χ1n) is 15.1. The number of rotatable bonds is 8. The summed E-state index contributed by atoms with van der Waals surface area (Å²) in [6.07, 6.45) is 9.75. The summed E-state index contributed by atoms with van der Waals surface area (Å²) in [7, 11) is 0. The van der Waals surface area contributed by atoms with E-state index in [1.54, 1.807) is 11.3 Å². The molecule has 3 heterocycles. The zero-order chi connectivity index (χ0) is 28.4. The van der Waals surface area contributed by atoms with E-state index in [-0.39, 0.29) is 34.3 Å². The molecular weight excluding hydrogens is 542 g/mol. The van der Waals surface area contributed by atoms with Crippen LogP contribution in [0.2, 0.25) is 0 Å². The first kappa shape index (κ1) is 29.5. The zero-order valence-corrected chi connectivity index (χ0v) is 26.1. The molecule has 3 fully saturated rings. The molecule has 3 aliphatic rings. The molecule has 2 aromatic heterocycles. The number of hydrogen-bond acceptors (Lipinski definition) is 7. The number of thiophene rings is 1. The average molecular weight is 588 g/mol. The van der Waals surface area contributed by atoms with Crippen molar-refractivity contribution in [1.82, 2.24) is 9.88 Å². The highest BCUT2D eigenvalue weighted by atomic mass is 32.1. The van der Waals surface area contributed by atoms with Crippen molar-refractivity contribution in [3.05, 3.63) is 26.9 Å². The Kier molecular flexibility index (Phi) is 9.22. The molecule has 1 N–H and O–H groups in total. The molecule has 0 unspecified atom stereocenters. The van der Waals surface area contributed by atoms with Crippen LogP contribution in [0.4, 0.5) is 5.69 Å². The monoisotopic (exact) mass is 587 g/mol. The smallest absolute Gasteiger partial charge is 0.348 e. The SMILES string of the molecule is CC(C)(C)c1cc(N(C(=O)[C@H]2CC[C@H](C)CC2)[C@H]2CC[C@H](Oc3nc(CN4CCCC4)cs3)CC2)c(C(=O)O)s1. The minimum absolute atomic E-state index is 0.0192. The predicted octanol–water partition coefficient (Wildman–Crippen LogP) is 7.35. The summed E-state index contributed by atoms with van der Waals surface area (Å²) in [5.41, 5.74) is 1.50. The van der Waals surface area contributed by atoms with Gasteiger partial charge in [0.25, 0.3) is 5.19 Å². The Balaban J connectivity index is 1.31. The van der Waals surface area contributed by atoms with Gasteiger partial charge in [-0.3, -0.25) is 9.69 Å². The van der Waals surface area contributed by atoms with E-state index >= 15 is 0 Å². The van der Waals surface area contributed by atoms with Gasteiger partial charge in [-0.1, -0.05) is 39.0 Å². The van der Waals surface area contributed by atoms with Crippen molar-refractivity contribution in [2.75, 3.05) is 18.0 Å². The quantitative estimate of drug-likeness (QED) is 0.348. The predicted molar refractivity (Wildman–Crippen MR) is 162 cm³/mol. The number of aromatic carboxylic acids is 1. The van der Waals surface area contributed by atoms with Crippen molar-refractivity contribution in [3.8, 4) is 5.19 Å². The van der Waals surface area contributed by atoms with Crippen LogP contribution in [0.5, 0.6) is 5.19 Å². The summed E-state index contributed by atoms with van der Waals surface area (Å²) >= 11 is 2.89. The lowest BCUT2D eigenvalue weighted by Crippen LogP contribution is -2.47. The van der Waals surface area contributed by atoms with Gasteiger partial charge in [-0.25, -0.2) is 9.78 Å². The Morgan fingerprint density at radius 3 is 2.38 bits per heavy atom. The summed E-state index contributed by atoms with van der Waals surface area (Å²) in [4.78, 5) is 36.9. The van der Waals surface area contributed by atoms with E-state index in [4.69, 9.17) is 9.72 Å². The Hall–Kier alpha value is -1.97. The molecule has 2 aromatic rings. The number of amides is 1. The Labute approximate surface area is 246 Å². The van der Waals surface area contributed by atoms with Gasteiger partial charge >= 0.3 is 5.97 Å². The molecule has 9 heteroatoms. The van der Waals surface area contributed by atoms with Crippen LogP contribution in [0.3, 0.4) is 0 Å². The fourth-order valence-electron chi connectivity index (χ4n) is 6.43. The number of carbonyl (C=O) groups excluding carboxylic acids is 1. The van der Waals surface area contributed by atoms with Gasteiger partial charge in [-0.05, 0) is 94.7 Å². The third-order valence-corrected chi connectivity index (χ3v) is 11.2. The normalized spacial score (nSPS) is 26.1. The average Bonchev–Trinajstić information content (AvgIpc) is 3.68. The molecule has 7 nitrogen and oxygen atoms in total. The van der Waals surface area contributed by atoms with Crippen molar-refractivity contribution >= 4 is 40.2 Å². The second-order valence-electron chi connectivity index (χ2n) is 13.2. The highest BCUT2D eigenvalue weighted by molar-refractivity contribution is 7.14. The molecule has 220 valence electrons. The van der Waals surface area contributed by atoms with E-state index in [1.165, 1.54) is 24.2 Å². The number of carbonyl (C=O) groups is 2. The fraction of sp³-hybridized carbons (Fsp3) is 0.710. The van der Waals surface area contributed by atoms with Gasteiger partial charge in [0.1, 0.15) is 11.0 Å². The molecule has 1 aliphatic heterocycles. The molecule has 40 heavy (non-hydrogen) atoms. The lowest BCUT2D eigenvalue weighted by Gasteiger charge is -2.39. The van der Waals surface area contributed by atoms with Crippen molar-refractivity contribution in [2.45, 2.75) is 116 Å². The molecule has 0 radical (unpaired) electrons.